The van der Waals surface area contributed by atoms with Gasteiger partial charge in [-0.2, -0.15) is 0 Å². The van der Waals surface area contributed by atoms with E-state index in [1.807, 2.05) is 29.3 Å². The van der Waals surface area contributed by atoms with Crippen molar-refractivity contribution in [2.24, 2.45) is 11.7 Å². The second kappa shape index (κ2) is 11.2. The molecule has 4 rings (SSSR count). The highest BCUT2D eigenvalue weighted by Crippen LogP contribution is 2.32. The first kappa shape index (κ1) is 24.5. The fourth-order valence-corrected chi connectivity index (χ4v) is 5.47. The zero-order chi connectivity index (χ0) is 24.1. The Bertz CT molecular complexity index is 992. The Hall–Kier alpha value is -2.64. The number of primary amides is 1. The van der Waals surface area contributed by atoms with Crippen LogP contribution in [0.3, 0.4) is 0 Å². The molecule has 1 aliphatic heterocycles. The highest BCUT2D eigenvalue weighted by Gasteiger charge is 2.27. The van der Waals surface area contributed by atoms with Gasteiger partial charge in [0.05, 0.1) is 11.1 Å². The Kier molecular flexibility index (Phi) is 8.06. The summed E-state index contributed by atoms with van der Waals surface area (Å²) < 4.78 is 0. The van der Waals surface area contributed by atoms with Gasteiger partial charge in [0.25, 0.3) is 0 Å². The molecule has 1 saturated carbocycles. The average Bonchev–Trinajstić information content (AvgIpc) is 2.85. The van der Waals surface area contributed by atoms with Crippen molar-refractivity contribution in [3.63, 3.8) is 0 Å². The Morgan fingerprint density at radius 2 is 1.91 bits per heavy atom. The van der Waals surface area contributed by atoms with Crippen molar-refractivity contribution in [1.82, 2.24) is 9.88 Å². The third kappa shape index (κ3) is 5.88. The molecule has 1 aromatic heterocycles. The Balaban J connectivity index is 1.36. The van der Waals surface area contributed by atoms with Crippen LogP contribution in [0.2, 0.25) is 5.02 Å². The Morgan fingerprint density at radius 3 is 2.56 bits per heavy atom. The van der Waals surface area contributed by atoms with E-state index in [9.17, 15) is 14.7 Å². The normalized spacial score (nSPS) is 22.9. The summed E-state index contributed by atoms with van der Waals surface area (Å²) in [5.74, 6) is 0.813. The van der Waals surface area contributed by atoms with E-state index in [-0.39, 0.29) is 12.1 Å². The molecule has 8 heteroatoms. The third-order valence-corrected chi connectivity index (χ3v) is 7.49. The van der Waals surface area contributed by atoms with Gasteiger partial charge in [-0.1, -0.05) is 23.7 Å². The number of carbonyl (C=O) groups is 2. The van der Waals surface area contributed by atoms with Gasteiger partial charge in [0.1, 0.15) is 5.82 Å². The molecule has 182 valence electrons. The lowest BCUT2D eigenvalue weighted by atomic mass is 9.91. The van der Waals surface area contributed by atoms with Crippen LogP contribution >= 0.6 is 11.6 Å². The minimum atomic E-state index is -0.452. The van der Waals surface area contributed by atoms with Crippen LogP contribution in [0.5, 0.6) is 0 Å². The van der Waals surface area contributed by atoms with Crippen LogP contribution < -0.4 is 10.6 Å². The molecule has 0 spiro atoms. The SMILES string of the molecule is NC(=O)c1ccc(-c2cnc(N3CCCC(CCN(C=O)C4CCC(O)CC4)C3)c(Cl)c2)cc1. The molecular weight excluding hydrogens is 452 g/mol. The first-order chi connectivity index (χ1) is 16.4. The van der Waals surface area contributed by atoms with Gasteiger partial charge in [-0.3, -0.25) is 9.59 Å². The summed E-state index contributed by atoms with van der Waals surface area (Å²) in [5, 5.41) is 10.3. The van der Waals surface area contributed by atoms with Crippen molar-refractivity contribution in [3.8, 4) is 11.1 Å². The van der Waals surface area contributed by atoms with Crippen molar-refractivity contribution in [2.75, 3.05) is 24.5 Å². The van der Waals surface area contributed by atoms with E-state index < -0.39 is 5.91 Å². The first-order valence-electron chi connectivity index (χ1n) is 12.1. The van der Waals surface area contributed by atoms with Crippen molar-refractivity contribution in [3.05, 3.63) is 47.1 Å². The molecule has 2 amide bonds. The van der Waals surface area contributed by atoms with Crippen LogP contribution in [0.25, 0.3) is 11.1 Å². The van der Waals surface area contributed by atoms with E-state index in [1.54, 1.807) is 12.1 Å². The summed E-state index contributed by atoms with van der Waals surface area (Å²) in [6.45, 7) is 2.54. The van der Waals surface area contributed by atoms with Gasteiger partial charge in [0.2, 0.25) is 12.3 Å². The Morgan fingerprint density at radius 1 is 1.18 bits per heavy atom. The van der Waals surface area contributed by atoms with Crippen LogP contribution in [0.4, 0.5) is 5.82 Å². The number of benzene rings is 1. The van der Waals surface area contributed by atoms with Gasteiger partial charge in [0, 0.05) is 43.0 Å². The van der Waals surface area contributed by atoms with E-state index >= 15 is 0 Å². The highest BCUT2D eigenvalue weighted by atomic mass is 35.5. The van der Waals surface area contributed by atoms with E-state index in [4.69, 9.17) is 17.3 Å². The van der Waals surface area contributed by atoms with E-state index in [0.717, 1.165) is 87.9 Å². The van der Waals surface area contributed by atoms with Gasteiger partial charge in [-0.05, 0) is 74.6 Å². The smallest absolute Gasteiger partial charge is 0.248 e. The number of nitrogens with zero attached hydrogens (tertiary/aromatic N) is 3. The maximum absolute atomic E-state index is 11.7. The molecule has 34 heavy (non-hydrogen) atoms. The number of anilines is 1. The number of nitrogens with two attached hydrogens (primary N) is 1. The minimum absolute atomic E-state index is 0.213. The summed E-state index contributed by atoms with van der Waals surface area (Å²) in [7, 11) is 0. The van der Waals surface area contributed by atoms with Gasteiger partial charge in [-0.25, -0.2) is 4.98 Å². The molecule has 2 aromatic rings. The lowest BCUT2D eigenvalue weighted by molar-refractivity contribution is -0.121. The molecular formula is C26H33ClN4O3. The minimum Gasteiger partial charge on any atom is -0.393 e. The van der Waals surface area contributed by atoms with E-state index in [1.165, 1.54) is 0 Å². The van der Waals surface area contributed by atoms with Crippen molar-refractivity contribution >= 4 is 29.7 Å². The number of piperidine rings is 1. The molecule has 0 radical (unpaired) electrons. The summed E-state index contributed by atoms with van der Waals surface area (Å²) in [6, 6.07) is 9.25. The molecule has 1 aromatic carbocycles. The maximum Gasteiger partial charge on any atom is 0.248 e. The predicted octanol–water partition coefficient (Wildman–Crippen LogP) is 3.87. The van der Waals surface area contributed by atoms with Gasteiger partial charge in [-0.15, -0.1) is 0 Å². The summed E-state index contributed by atoms with van der Waals surface area (Å²) in [5.41, 5.74) is 7.60. The predicted molar refractivity (Wildman–Crippen MR) is 134 cm³/mol. The topological polar surface area (TPSA) is 99.8 Å². The second-order valence-corrected chi connectivity index (χ2v) is 9.93. The van der Waals surface area contributed by atoms with Crippen LogP contribution in [0.1, 0.15) is 55.3 Å². The second-order valence-electron chi connectivity index (χ2n) is 9.52. The van der Waals surface area contributed by atoms with Gasteiger partial charge in [0.15, 0.2) is 0 Å². The van der Waals surface area contributed by atoms with Crippen LogP contribution in [-0.4, -0.2) is 59.1 Å². The zero-order valence-corrected chi connectivity index (χ0v) is 20.2. The molecule has 1 saturated heterocycles. The number of pyridine rings is 1. The molecule has 2 heterocycles. The summed E-state index contributed by atoms with van der Waals surface area (Å²) in [4.78, 5) is 31.9. The molecule has 7 nitrogen and oxygen atoms in total. The van der Waals surface area contributed by atoms with Crippen molar-refractivity contribution in [2.45, 2.75) is 57.1 Å². The zero-order valence-electron chi connectivity index (χ0n) is 19.4. The lowest BCUT2D eigenvalue weighted by Crippen LogP contribution is -2.41. The molecule has 1 atom stereocenters. The molecule has 1 unspecified atom stereocenters. The number of carbonyl (C=O) groups excluding carboxylic acids is 2. The Labute approximate surface area is 205 Å². The number of aromatic nitrogens is 1. The lowest BCUT2D eigenvalue weighted by Gasteiger charge is -2.37. The van der Waals surface area contributed by atoms with Crippen LogP contribution in [0, 0.1) is 5.92 Å². The highest BCUT2D eigenvalue weighted by molar-refractivity contribution is 6.33. The number of aliphatic hydroxyl groups is 1. The average molecular weight is 485 g/mol. The number of amides is 2. The fourth-order valence-electron chi connectivity index (χ4n) is 5.18. The van der Waals surface area contributed by atoms with Crippen LogP contribution in [0.15, 0.2) is 36.5 Å². The number of rotatable bonds is 8. The third-order valence-electron chi connectivity index (χ3n) is 7.21. The summed E-state index contributed by atoms with van der Waals surface area (Å²) in [6.07, 6.45) is 9.06. The molecule has 3 N–H and O–H groups in total. The maximum atomic E-state index is 11.7. The molecule has 2 fully saturated rings. The van der Waals surface area contributed by atoms with E-state index in [2.05, 4.69) is 9.88 Å². The van der Waals surface area contributed by atoms with Gasteiger partial charge < -0.3 is 20.6 Å². The van der Waals surface area contributed by atoms with E-state index in [0.29, 0.717) is 16.5 Å². The monoisotopic (exact) mass is 484 g/mol. The molecule has 1 aliphatic carbocycles. The molecule has 0 bridgehead atoms. The van der Waals surface area contributed by atoms with Crippen molar-refractivity contribution in [1.29, 1.82) is 0 Å². The standard InChI is InChI=1S/C26H33ClN4O3/c27-24-14-21(19-3-5-20(6-4-19)25(28)34)15-29-26(24)30-12-1-2-18(16-30)11-13-31(17-32)22-7-9-23(33)10-8-22/h3-6,14-15,17-18,22-23,33H,1-2,7-13,16H2,(H2,28,34). The molecule has 2 aliphatic rings. The van der Waals surface area contributed by atoms with Crippen molar-refractivity contribution < 1.29 is 14.7 Å². The van der Waals surface area contributed by atoms with Crippen LogP contribution in [-0.2, 0) is 4.79 Å². The quantitative estimate of drug-likeness (QED) is 0.554. The number of halogens is 1. The fraction of sp³-hybridized carbons (Fsp3) is 0.500. The largest absolute Gasteiger partial charge is 0.393 e. The number of aliphatic hydroxyl groups excluding tert-OH is 1. The number of hydrogen-bond donors (Lipinski definition) is 2. The van der Waals surface area contributed by atoms with Gasteiger partial charge >= 0.3 is 0 Å². The number of hydrogen-bond acceptors (Lipinski definition) is 5. The summed E-state index contributed by atoms with van der Waals surface area (Å²) >= 11 is 6.65. The first-order valence-corrected chi connectivity index (χ1v) is 12.5.